The van der Waals surface area contributed by atoms with Crippen molar-refractivity contribution in [3.63, 3.8) is 0 Å². The van der Waals surface area contributed by atoms with Gasteiger partial charge in [0.05, 0.1) is 0 Å². The van der Waals surface area contributed by atoms with Crippen molar-refractivity contribution in [2.24, 2.45) is 5.92 Å². The number of hydrogen-bond acceptors (Lipinski definition) is 3. The Morgan fingerprint density at radius 3 is 3.00 bits per heavy atom. The van der Waals surface area contributed by atoms with Crippen LogP contribution in [-0.2, 0) is 9.53 Å². The molecule has 1 rings (SSSR count). The number of nitrogens with one attached hydrogen (secondary N) is 1. The fourth-order valence-corrected chi connectivity index (χ4v) is 2.17. The van der Waals surface area contributed by atoms with Crippen LogP contribution in [0.15, 0.2) is 0 Å². The zero-order valence-corrected chi connectivity index (χ0v) is 11.2. The maximum absolute atomic E-state index is 10.9. The zero-order chi connectivity index (χ0) is 12.5. The highest BCUT2D eigenvalue weighted by molar-refractivity contribution is 5.76. The number of likely N-dealkylation sites (tertiary alicyclic amines) is 1. The molecule has 0 aromatic carbocycles. The Balaban J connectivity index is 2.00. The molecule has 0 radical (unpaired) electrons. The van der Waals surface area contributed by atoms with Crippen LogP contribution in [-0.4, -0.2) is 50.7 Å². The summed E-state index contributed by atoms with van der Waals surface area (Å²) >= 11 is 0. The molecule has 0 spiro atoms. The number of likely N-dealkylation sites (N-methyl/N-ethyl adjacent to an activating group) is 1. The van der Waals surface area contributed by atoms with E-state index in [9.17, 15) is 4.79 Å². The first-order valence-corrected chi connectivity index (χ1v) is 6.73. The maximum Gasteiger partial charge on any atom is 0.245 e. The van der Waals surface area contributed by atoms with E-state index in [1.165, 1.54) is 32.4 Å². The van der Waals surface area contributed by atoms with Crippen LogP contribution in [0.4, 0.5) is 0 Å². The van der Waals surface area contributed by atoms with Gasteiger partial charge in [-0.1, -0.05) is 6.92 Å². The van der Waals surface area contributed by atoms with Crippen LogP contribution in [0, 0.1) is 5.92 Å². The monoisotopic (exact) mass is 242 g/mol. The Morgan fingerprint density at radius 1 is 1.41 bits per heavy atom. The second-order valence-electron chi connectivity index (χ2n) is 4.96. The van der Waals surface area contributed by atoms with E-state index in [1.807, 2.05) is 0 Å². The Morgan fingerprint density at radius 2 is 2.24 bits per heavy atom. The van der Waals surface area contributed by atoms with Gasteiger partial charge in [-0.05, 0) is 44.7 Å². The Kier molecular flexibility index (Phi) is 7.21. The maximum atomic E-state index is 10.9. The smallest absolute Gasteiger partial charge is 0.245 e. The molecule has 1 saturated heterocycles. The zero-order valence-electron chi connectivity index (χ0n) is 11.2. The molecule has 100 valence electrons. The first-order chi connectivity index (χ1) is 8.22. The fraction of sp³-hybridized carbons (Fsp3) is 0.923. The van der Waals surface area contributed by atoms with Crippen molar-refractivity contribution in [1.82, 2.24) is 10.2 Å². The molecule has 1 amide bonds. The molecule has 0 unspecified atom stereocenters. The topological polar surface area (TPSA) is 41.6 Å². The third-order valence-electron chi connectivity index (χ3n) is 3.38. The summed E-state index contributed by atoms with van der Waals surface area (Å²) in [6, 6.07) is 0. The van der Waals surface area contributed by atoms with E-state index in [0.717, 1.165) is 18.9 Å². The van der Waals surface area contributed by atoms with Gasteiger partial charge in [-0.2, -0.15) is 0 Å². The average Bonchev–Trinajstić information content (AvgIpc) is 2.53. The van der Waals surface area contributed by atoms with Crippen LogP contribution in [0.1, 0.15) is 32.6 Å². The molecule has 0 aromatic rings. The molecule has 1 N–H and O–H groups in total. The minimum atomic E-state index is -0.0476. The average molecular weight is 242 g/mol. The summed E-state index contributed by atoms with van der Waals surface area (Å²) in [4.78, 5) is 13.4. The number of carbonyl (C=O) groups is 1. The van der Waals surface area contributed by atoms with Crippen molar-refractivity contribution in [3.05, 3.63) is 0 Å². The van der Waals surface area contributed by atoms with Gasteiger partial charge in [0.2, 0.25) is 5.91 Å². The highest BCUT2D eigenvalue weighted by Crippen LogP contribution is 2.16. The van der Waals surface area contributed by atoms with Gasteiger partial charge in [-0.3, -0.25) is 4.79 Å². The van der Waals surface area contributed by atoms with Gasteiger partial charge in [0.1, 0.15) is 6.61 Å². The van der Waals surface area contributed by atoms with Crippen LogP contribution < -0.4 is 5.32 Å². The Labute approximate surface area is 105 Å². The molecule has 0 aromatic heterocycles. The quantitative estimate of drug-likeness (QED) is 0.713. The largest absolute Gasteiger partial charge is 0.372 e. The highest BCUT2D eigenvalue weighted by Gasteiger charge is 2.12. The van der Waals surface area contributed by atoms with Crippen LogP contribution in [0.5, 0.6) is 0 Å². The predicted molar refractivity (Wildman–Crippen MR) is 69.0 cm³/mol. The summed E-state index contributed by atoms with van der Waals surface area (Å²) in [5.74, 6) is 0.832. The van der Waals surface area contributed by atoms with Gasteiger partial charge in [-0.25, -0.2) is 0 Å². The number of nitrogens with zero attached hydrogens (tertiary/aromatic N) is 1. The lowest BCUT2D eigenvalue weighted by Crippen LogP contribution is -2.27. The van der Waals surface area contributed by atoms with E-state index in [1.54, 1.807) is 7.05 Å². The minimum Gasteiger partial charge on any atom is -0.372 e. The molecule has 4 nitrogen and oxygen atoms in total. The molecule has 1 aliphatic rings. The van der Waals surface area contributed by atoms with Gasteiger partial charge in [-0.15, -0.1) is 0 Å². The lowest BCUT2D eigenvalue weighted by molar-refractivity contribution is -0.125. The summed E-state index contributed by atoms with van der Waals surface area (Å²) in [6.45, 7) is 6.75. The van der Waals surface area contributed by atoms with Gasteiger partial charge < -0.3 is 15.0 Å². The standard InChI is InChI=1S/C13H26N2O2/c1-12-5-3-7-15(9-6-12)8-4-10-17-11-13(16)14-2/h12H,3-11H2,1-2H3,(H,14,16)/t12-/m0/s1. The van der Waals surface area contributed by atoms with Crippen LogP contribution in [0.2, 0.25) is 0 Å². The van der Waals surface area contributed by atoms with E-state index in [0.29, 0.717) is 6.61 Å². The minimum absolute atomic E-state index is 0.0476. The Bertz CT molecular complexity index is 221. The molecular weight excluding hydrogens is 216 g/mol. The number of hydrogen-bond donors (Lipinski definition) is 1. The second-order valence-corrected chi connectivity index (χ2v) is 4.96. The molecule has 17 heavy (non-hydrogen) atoms. The van der Waals surface area contributed by atoms with Gasteiger partial charge in [0, 0.05) is 20.2 Å². The number of amides is 1. The van der Waals surface area contributed by atoms with Crippen LogP contribution >= 0.6 is 0 Å². The van der Waals surface area contributed by atoms with E-state index < -0.39 is 0 Å². The summed E-state index contributed by atoms with van der Waals surface area (Å²) < 4.78 is 5.29. The van der Waals surface area contributed by atoms with Crippen molar-refractivity contribution in [1.29, 1.82) is 0 Å². The fourth-order valence-electron chi connectivity index (χ4n) is 2.17. The third-order valence-corrected chi connectivity index (χ3v) is 3.38. The number of rotatable bonds is 6. The van der Waals surface area contributed by atoms with Crippen molar-refractivity contribution in [2.45, 2.75) is 32.6 Å². The van der Waals surface area contributed by atoms with Crippen molar-refractivity contribution >= 4 is 5.91 Å². The second kappa shape index (κ2) is 8.48. The first-order valence-electron chi connectivity index (χ1n) is 6.73. The highest BCUT2D eigenvalue weighted by atomic mass is 16.5. The lowest BCUT2D eigenvalue weighted by Gasteiger charge is -2.19. The molecule has 0 bridgehead atoms. The van der Waals surface area contributed by atoms with Gasteiger partial charge >= 0.3 is 0 Å². The molecule has 1 aliphatic heterocycles. The van der Waals surface area contributed by atoms with E-state index in [-0.39, 0.29) is 12.5 Å². The SMILES string of the molecule is CNC(=O)COCCCN1CCC[C@H](C)CC1. The van der Waals surface area contributed by atoms with Crippen molar-refractivity contribution < 1.29 is 9.53 Å². The molecular formula is C13H26N2O2. The summed E-state index contributed by atoms with van der Waals surface area (Å²) in [5, 5.41) is 2.54. The molecule has 1 fully saturated rings. The molecule has 0 aliphatic carbocycles. The van der Waals surface area contributed by atoms with E-state index in [2.05, 4.69) is 17.1 Å². The molecule has 4 heteroatoms. The first kappa shape index (κ1) is 14.5. The summed E-state index contributed by atoms with van der Waals surface area (Å²) in [7, 11) is 1.63. The van der Waals surface area contributed by atoms with Crippen LogP contribution in [0.25, 0.3) is 0 Å². The predicted octanol–water partition coefficient (Wildman–Crippen LogP) is 1.26. The van der Waals surface area contributed by atoms with Gasteiger partial charge in [0.15, 0.2) is 0 Å². The van der Waals surface area contributed by atoms with Crippen molar-refractivity contribution in [2.75, 3.05) is 39.9 Å². The molecule has 1 heterocycles. The van der Waals surface area contributed by atoms with Crippen molar-refractivity contribution in [3.8, 4) is 0 Å². The van der Waals surface area contributed by atoms with Gasteiger partial charge in [0.25, 0.3) is 0 Å². The Hall–Kier alpha value is -0.610. The van der Waals surface area contributed by atoms with E-state index >= 15 is 0 Å². The number of carbonyl (C=O) groups excluding carboxylic acids is 1. The molecule has 0 saturated carbocycles. The third kappa shape index (κ3) is 6.64. The summed E-state index contributed by atoms with van der Waals surface area (Å²) in [6.07, 6.45) is 5.02. The van der Waals surface area contributed by atoms with Crippen LogP contribution in [0.3, 0.4) is 0 Å². The van der Waals surface area contributed by atoms with E-state index in [4.69, 9.17) is 4.74 Å². The lowest BCUT2D eigenvalue weighted by atomic mass is 10.0. The molecule has 1 atom stereocenters. The number of ether oxygens (including phenoxy) is 1. The summed E-state index contributed by atoms with van der Waals surface area (Å²) in [5.41, 5.74) is 0. The normalized spacial score (nSPS) is 22.1.